The molecular weight excluding hydrogens is 360 g/mol. The van der Waals surface area contributed by atoms with Crippen LogP contribution in [0.3, 0.4) is 0 Å². The van der Waals surface area contributed by atoms with Gasteiger partial charge in [0.1, 0.15) is 0 Å². The molecular formula is C20H30ClN2Si2. The van der Waals surface area contributed by atoms with Gasteiger partial charge in [0.2, 0.25) is 6.90 Å². The molecule has 0 aromatic heterocycles. The van der Waals surface area contributed by atoms with Crippen LogP contribution >= 0.6 is 11.1 Å². The first-order chi connectivity index (χ1) is 11.8. The van der Waals surface area contributed by atoms with Gasteiger partial charge in [-0.2, -0.15) is 11.1 Å². The molecule has 0 aliphatic heterocycles. The molecule has 25 heavy (non-hydrogen) atoms. The lowest BCUT2D eigenvalue weighted by Crippen LogP contribution is -2.65. The molecule has 2 aromatic carbocycles. The Hall–Kier alpha value is -0.916. The highest BCUT2D eigenvalue weighted by atomic mass is 35.6. The van der Waals surface area contributed by atoms with E-state index >= 15 is 0 Å². The summed E-state index contributed by atoms with van der Waals surface area (Å²) in [6.07, 6.45) is 0. The molecule has 0 heterocycles. The Balaban J connectivity index is 2.66. The zero-order chi connectivity index (χ0) is 18.6. The van der Waals surface area contributed by atoms with Gasteiger partial charge in [-0.25, -0.2) is 0 Å². The van der Waals surface area contributed by atoms with E-state index in [1.54, 1.807) is 0 Å². The maximum absolute atomic E-state index is 7.65. The number of nitrogens with zero attached hydrogens (tertiary/aromatic N) is 2. The average molecular weight is 390 g/mol. The molecule has 0 unspecified atom stereocenters. The second-order valence-electron chi connectivity index (χ2n) is 7.45. The van der Waals surface area contributed by atoms with Gasteiger partial charge in [-0.3, -0.25) is 0 Å². The summed E-state index contributed by atoms with van der Waals surface area (Å²) in [6.45, 7) is 4.34. The number of hydrogen-bond acceptors (Lipinski definition) is 2. The van der Waals surface area contributed by atoms with Crippen molar-refractivity contribution in [2.45, 2.75) is 26.2 Å². The van der Waals surface area contributed by atoms with E-state index in [1.165, 1.54) is 21.5 Å². The first-order valence-electron chi connectivity index (χ1n) is 8.72. The summed E-state index contributed by atoms with van der Waals surface area (Å²) in [6, 6.07) is 17.6. The highest BCUT2D eigenvalue weighted by molar-refractivity contribution is 7.62. The zero-order valence-corrected chi connectivity index (χ0v) is 19.1. The summed E-state index contributed by atoms with van der Waals surface area (Å²) in [7, 11) is 7.77. The van der Waals surface area contributed by atoms with Crippen LogP contribution in [0.5, 0.6) is 0 Å². The molecule has 0 bridgehead atoms. The van der Waals surface area contributed by atoms with E-state index in [0.29, 0.717) is 0 Å². The molecule has 1 radical (unpaired) electrons. The second-order valence-corrected chi connectivity index (χ2v) is 19.7. The van der Waals surface area contributed by atoms with Crippen LogP contribution in [-0.4, -0.2) is 53.2 Å². The van der Waals surface area contributed by atoms with Crippen LogP contribution in [0, 0.1) is 0 Å². The molecule has 0 saturated carbocycles. The fourth-order valence-corrected chi connectivity index (χ4v) is 12.4. The van der Waals surface area contributed by atoms with Gasteiger partial charge < -0.3 is 9.80 Å². The first-order valence-corrected chi connectivity index (χ1v) is 15.2. The summed E-state index contributed by atoms with van der Waals surface area (Å²) in [5, 5.41) is 2.80. The van der Waals surface area contributed by atoms with Gasteiger partial charge in [0, 0.05) is 13.1 Å². The number of rotatable bonds is 7. The van der Waals surface area contributed by atoms with Crippen molar-refractivity contribution in [2.24, 2.45) is 0 Å². The maximum Gasteiger partial charge on any atom is 0.203 e. The molecule has 0 fully saturated rings. The van der Waals surface area contributed by atoms with Crippen molar-refractivity contribution in [2.75, 3.05) is 28.2 Å². The minimum atomic E-state index is -2.28. The Labute approximate surface area is 160 Å². The standard InChI is InChI=1S/C20H30ClN2Si2/c1-22(2)15-17-11-7-9-13-19(17)25(21,24(5)6)20-14-10-8-12-18(20)16-23(3)4/h7-14H,15-16H2,1-6H3. The predicted molar refractivity (Wildman–Crippen MR) is 116 cm³/mol. The minimum absolute atomic E-state index is 0.723. The third kappa shape index (κ3) is 4.63. The highest BCUT2D eigenvalue weighted by Crippen LogP contribution is 2.20. The van der Waals surface area contributed by atoms with Gasteiger partial charge in [0.15, 0.2) is 0 Å². The monoisotopic (exact) mass is 389 g/mol. The van der Waals surface area contributed by atoms with E-state index in [4.69, 9.17) is 11.1 Å². The molecule has 2 nitrogen and oxygen atoms in total. The molecule has 5 heteroatoms. The van der Waals surface area contributed by atoms with Gasteiger partial charge >= 0.3 is 0 Å². The Morgan fingerprint density at radius 1 is 0.760 bits per heavy atom. The van der Waals surface area contributed by atoms with Crippen LogP contribution in [0.15, 0.2) is 48.5 Å². The van der Waals surface area contributed by atoms with Crippen molar-refractivity contribution in [1.29, 1.82) is 0 Å². The predicted octanol–water partition coefficient (Wildman–Crippen LogP) is 2.94. The Morgan fingerprint density at radius 2 is 1.12 bits per heavy atom. The summed E-state index contributed by atoms with van der Waals surface area (Å²) < 4.78 is 0. The minimum Gasteiger partial charge on any atom is -0.305 e. The van der Waals surface area contributed by atoms with Gasteiger partial charge in [0.25, 0.3) is 0 Å². The largest absolute Gasteiger partial charge is 0.305 e. The normalized spacial score (nSPS) is 12.4. The first kappa shape index (κ1) is 20.4. The van der Waals surface area contributed by atoms with E-state index in [9.17, 15) is 0 Å². The summed E-state index contributed by atoms with van der Waals surface area (Å²) in [5.74, 6) is 0. The molecule has 0 amide bonds. The topological polar surface area (TPSA) is 6.48 Å². The Bertz CT molecular complexity index is 648. The smallest absolute Gasteiger partial charge is 0.203 e. The molecule has 2 rings (SSSR count). The van der Waals surface area contributed by atoms with E-state index < -0.39 is 15.2 Å². The second kappa shape index (κ2) is 8.65. The summed E-state index contributed by atoms with van der Waals surface area (Å²) in [5.41, 5.74) is 2.75. The van der Waals surface area contributed by atoms with E-state index in [1.807, 2.05) is 0 Å². The van der Waals surface area contributed by atoms with Crippen LogP contribution in [0.25, 0.3) is 0 Å². The highest BCUT2D eigenvalue weighted by Gasteiger charge is 2.42. The SMILES string of the molecule is CN(C)Cc1ccccc1[Si](Cl)(c1ccccc1CN(C)C)[Si](C)C. The molecule has 0 aliphatic rings. The molecule has 135 valence electrons. The number of benzene rings is 2. The Kier molecular flexibility index (Phi) is 7.05. The fourth-order valence-electron chi connectivity index (χ4n) is 3.35. The lowest BCUT2D eigenvalue weighted by molar-refractivity contribution is 0.403. The van der Waals surface area contributed by atoms with Crippen LogP contribution in [-0.2, 0) is 13.1 Å². The van der Waals surface area contributed by atoms with Crippen LogP contribution < -0.4 is 10.4 Å². The van der Waals surface area contributed by atoms with Crippen molar-refractivity contribution in [3.63, 3.8) is 0 Å². The molecule has 0 saturated heterocycles. The van der Waals surface area contributed by atoms with Crippen molar-refractivity contribution >= 4 is 36.7 Å². The molecule has 0 aliphatic carbocycles. The van der Waals surface area contributed by atoms with Gasteiger partial charge in [-0.15, -0.1) is 0 Å². The molecule has 0 N–H and O–H groups in total. The Morgan fingerprint density at radius 3 is 1.44 bits per heavy atom. The van der Waals surface area contributed by atoms with E-state index in [0.717, 1.165) is 13.1 Å². The molecule has 0 atom stereocenters. The maximum atomic E-state index is 7.65. The van der Waals surface area contributed by atoms with Crippen molar-refractivity contribution in [3.8, 4) is 0 Å². The van der Waals surface area contributed by atoms with E-state index in [-0.39, 0.29) is 0 Å². The lowest BCUT2D eigenvalue weighted by atomic mass is 10.2. The lowest BCUT2D eigenvalue weighted by Gasteiger charge is -2.33. The van der Waals surface area contributed by atoms with Gasteiger partial charge in [-0.05, 0) is 49.7 Å². The van der Waals surface area contributed by atoms with Crippen molar-refractivity contribution in [1.82, 2.24) is 9.80 Å². The third-order valence-electron chi connectivity index (χ3n) is 4.44. The number of hydrogen-bond donors (Lipinski definition) is 0. The van der Waals surface area contributed by atoms with Crippen LogP contribution in [0.2, 0.25) is 13.1 Å². The quantitative estimate of drug-likeness (QED) is 0.530. The number of halogens is 1. The third-order valence-corrected chi connectivity index (χ3v) is 18.7. The average Bonchev–Trinajstić information content (AvgIpc) is 2.54. The van der Waals surface area contributed by atoms with Gasteiger partial charge in [0.05, 0.1) is 8.31 Å². The van der Waals surface area contributed by atoms with Crippen LogP contribution in [0.4, 0.5) is 0 Å². The molecule has 0 spiro atoms. The van der Waals surface area contributed by atoms with Crippen molar-refractivity contribution < 1.29 is 0 Å². The van der Waals surface area contributed by atoms with Crippen molar-refractivity contribution in [3.05, 3.63) is 59.7 Å². The van der Waals surface area contributed by atoms with Crippen LogP contribution in [0.1, 0.15) is 11.1 Å². The van der Waals surface area contributed by atoms with Gasteiger partial charge in [-0.1, -0.05) is 61.6 Å². The summed E-state index contributed by atoms with van der Waals surface area (Å²) in [4.78, 5) is 4.46. The molecule has 2 aromatic rings. The zero-order valence-electron chi connectivity index (χ0n) is 16.3. The summed E-state index contributed by atoms with van der Waals surface area (Å²) >= 11 is 7.65. The van der Waals surface area contributed by atoms with E-state index in [2.05, 4.69) is 99.6 Å². The fraction of sp³-hybridized carbons (Fsp3) is 0.400.